The molecule has 9 heteroatoms. The predicted octanol–water partition coefficient (Wildman–Crippen LogP) is 3.95. The van der Waals surface area contributed by atoms with Gasteiger partial charge in [-0.15, -0.1) is 11.3 Å². The summed E-state index contributed by atoms with van der Waals surface area (Å²) in [5, 5.41) is 7.25. The molecule has 0 fully saturated rings. The lowest BCUT2D eigenvalue weighted by atomic mass is 9.95. The second-order valence-electron chi connectivity index (χ2n) is 6.84. The summed E-state index contributed by atoms with van der Waals surface area (Å²) in [6.07, 6.45) is 6.36. The van der Waals surface area contributed by atoms with Crippen molar-refractivity contribution in [1.29, 1.82) is 0 Å². The summed E-state index contributed by atoms with van der Waals surface area (Å²) in [6.45, 7) is 3.10. The third-order valence-electron chi connectivity index (χ3n) is 4.66. The topological polar surface area (TPSA) is 107 Å². The van der Waals surface area contributed by atoms with Crippen molar-refractivity contribution in [3.63, 3.8) is 0 Å². The number of ether oxygens (including phenoxy) is 1. The number of pyridine rings is 1. The van der Waals surface area contributed by atoms with Crippen molar-refractivity contribution in [3.05, 3.63) is 46.4 Å². The van der Waals surface area contributed by atoms with Gasteiger partial charge in [0.15, 0.2) is 6.10 Å². The molecule has 3 aromatic heterocycles. The normalized spacial score (nSPS) is 14.1. The Morgan fingerprint density at radius 1 is 1.31 bits per heavy atom. The molecule has 0 saturated heterocycles. The van der Waals surface area contributed by atoms with Gasteiger partial charge < -0.3 is 14.6 Å². The van der Waals surface area contributed by atoms with Crippen LogP contribution in [0.25, 0.3) is 11.4 Å². The van der Waals surface area contributed by atoms with E-state index >= 15 is 0 Å². The van der Waals surface area contributed by atoms with Crippen LogP contribution in [-0.2, 0) is 22.4 Å². The van der Waals surface area contributed by atoms with E-state index in [1.165, 1.54) is 18.3 Å². The van der Waals surface area contributed by atoms with Crippen LogP contribution in [0.5, 0.6) is 0 Å². The summed E-state index contributed by atoms with van der Waals surface area (Å²) in [4.78, 5) is 34.0. The van der Waals surface area contributed by atoms with Crippen LogP contribution in [-0.4, -0.2) is 27.0 Å². The lowest BCUT2D eigenvalue weighted by Gasteiger charge is -2.14. The van der Waals surface area contributed by atoms with Crippen LogP contribution in [0.1, 0.15) is 59.5 Å². The fourth-order valence-electron chi connectivity index (χ4n) is 3.31. The molecule has 3 heterocycles. The van der Waals surface area contributed by atoms with Gasteiger partial charge in [0.25, 0.3) is 5.89 Å². The molecule has 1 amide bonds. The molecule has 3 aromatic rings. The van der Waals surface area contributed by atoms with Crippen molar-refractivity contribution in [1.82, 2.24) is 15.1 Å². The summed E-state index contributed by atoms with van der Waals surface area (Å²) in [6, 6.07) is 3.59. The number of hydrogen-bond acceptors (Lipinski definition) is 8. The smallest absolute Gasteiger partial charge is 0.342 e. The second kappa shape index (κ2) is 8.12. The first-order valence-electron chi connectivity index (χ1n) is 9.40. The van der Waals surface area contributed by atoms with E-state index < -0.39 is 12.1 Å². The molecule has 1 N–H and O–H groups in total. The monoisotopic (exact) mass is 412 g/mol. The molecular weight excluding hydrogens is 392 g/mol. The Morgan fingerprint density at radius 2 is 2.14 bits per heavy atom. The van der Waals surface area contributed by atoms with Crippen LogP contribution in [0, 0.1) is 0 Å². The van der Waals surface area contributed by atoms with Crippen molar-refractivity contribution in [2.45, 2.75) is 45.6 Å². The Labute approximate surface area is 171 Å². The van der Waals surface area contributed by atoms with Crippen LogP contribution in [0.4, 0.5) is 5.00 Å². The number of carbonyl (C=O) groups excluding carboxylic acids is 2. The lowest BCUT2D eigenvalue weighted by Crippen LogP contribution is -2.15. The van der Waals surface area contributed by atoms with Gasteiger partial charge in [-0.3, -0.25) is 9.78 Å². The predicted molar refractivity (Wildman–Crippen MR) is 107 cm³/mol. The number of amides is 1. The average Bonchev–Trinajstić information content (AvgIpc) is 3.33. The molecule has 0 spiro atoms. The first-order chi connectivity index (χ1) is 14.0. The summed E-state index contributed by atoms with van der Waals surface area (Å²) < 4.78 is 10.9. The van der Waals surface area contributed by atoms with Crippen molar-refractivity contribution < 1.29 is 18.8 Å². The Balaban J connectivity index is 1.56. The molecule has 0 aromatic carbocycles. The summed E-state index contributed by atoms with van der Waals surface area (Å²) in [7, 11) is 0. The number of carbonyl (C=O) groups is 2. The Kier molecular flexibility index (Phi) is 5.39. The SMILES string of the molecule is CC(=O)Nc1sc2c(c1C(=O)OC(C)c1nc(-c3cccnc3)no1)CCCC2. The second-order valence-corrected chi connectivity index (χ2v) is 7.95. The number of nitrogens with one attached hydrogen (secondary N) is 1. The van der Waals surface area contributed by atoms with Crippen LogP contribution >= 0.6 is 11.3 Å². The van der Waals surface area contributed by atoms with Crippen LogP contribution in [0.2, 0.25) is 0 Å². The number of esters is 1. The molecule has 150 valence electrons. The average molecular weight is 412 g/mol. The molecule has 8 nitrogen and oxygen atoms in total. The van der Waals surface area contributed by atoms with Crippen molar-refractivity contribution in [2.24, 2.45) is 0 Å². The highest BCUT2D eigenvalue weighted by Crippen LogP contribution is 2.39. The molecule has 4 rings (SSSR count). The largest absolute Gasteiger partial charge is 0.449 e. The van der Waals surface area contributed by atoms with Gasteiger partial charge in [-0.05, 0) is 50.3 Å². The number of hydrogen-bond donors (Lipinski definition) is 1. The van der Waals surface area contributed by atoms with E-state index in [0.717, 1.165) is 36.1 Å². The third kappa shape index (κ3) is 4.04. The maximum absolute atomic E-state index is 13.0. The minimum atomic E-state index is -0.732. The van der Waals surface area contributed by atoms with Crippen LogP contribution in [0.15, 0.2) is 29.0 Å². The van der Waals surface area contributed by atoms with Gasteiger partial charge in [0.1, 0.15) is 5.00 Å². The minimum Gasteiger partial charge on any atom is -0.449 e. The fourth-order valence-corrected chi connectivity index (χ4v) is 4.64. The van der Waals surface area contributed by atoms with E-state index in [1.807, 2.05) is 6.07 Å². The van der Waals surface area contributed by atoms with Gasteiger partial charge >= 0.3 is 5.97 Å². The highest BCUT2D eigenvalue weighted by atomic mass is 32.1. The third-order valence-corrected chi connectivity index (χ3v) is 5.87. The molecule has 29 heavy (non-hydrogen) atoms. The van der Waals surface area contributed by atoms with Crippen LogP contribution in [0.3, 0.4) is 0 Å². The first-order valence-corrected chi connectivity index (χ1v) is 10.2. The molecule has 0 aliphatic heterocycles. The highest BCUT2D eigenvalue weighted by molar-refractivity contribution is 7.17. The lowest BCUT2D eigenvalue weighted by molar-refractivity contribution is -0.114. The van der Waals surface area contributed by atoms with E-state index in [4.69, 9.17) is 9.26 Å². The summed E-state index contributed by atoms with van der Waals surface area (Å²) >= 11 is 1.45. The number of nitrogens with zero attached hydrogens (tertiary/aromatic N) is 3. The highest BCUT2D eigenvalue weighted by Gasteiger charge is 2.29. The molecule has 1 aliphatic carbocycles. The van der Waals surface area contributed by atoms with E-state index in [0.29, 0.717) is 22.0 Å². The van der Waals surface area contributed by atoms with Gasteiger partial charge in [0.2, 0.25) is 11.7 Å². The van der Waals surface area contributed by atoms with Gasteiger partial charge in [-0.25, -0.2) is 4.79 Å². The summed E-state index contributed by atoms with van der Waals surface area (Å²) in [5.74, 6) is -0.143. The van der Waals surface area contributed by atoms with Gasteiger partial charge in [-0.1, -0.05) is 5.16 Å². The van der Waals surface area contributed by atoms with Gasteiger partial charge in [0.05, 0.1) is 5.56 Å². The minimum absolute atomic E-state index is 0.197. The number of aryl methyl sites for hydroxylation is 1. The van der Waals surface area contributed by atoms with Gasteiger partial charge in [0, 0.05) is 29.8 Å². The number of thiophene rings is 1. The zero-order valence-electron chi connectivity index (χ0n) is 16.1. The van der Waals surface area contributed by atoms with Gasteiger partial charge in [-0.2, -0.15) is 4.98 Å². The van der Waals surface area contributed by atoms with Crippen molar-refractivity contribution in [3.8, 4) is 11.4 Å². The van der Waals surface area contributed by atoms with E-state index in [2.05, 4.69) is 20.4 Å². The molecule has 0 radical (unpaired) electrons. The summed E-state index contributed by atoms with van der Waals surface area (Å²) in [5.41, 5.74) is 2.13. The molecule has 0 bridgehead atoms. The zero-order valence-corrected chi connectivity index (χ0v) is 16.9. The number of aromatic nitrogens is 3. The maximum Gasteiger partial charge on any atom is 0.342 e. The molecule has 1 aliphatic rings. The van der Waals surface area contributed by atoms with Crippen molar-refractivity contribution in [2.75, 3.05) is 5.32 Å². The number of fused-ring (bicyclic) bond motifs is 1. The molecule has 1 atom stereocenters. The maximum atomic E-state index is 13.0. The quantitative estimate of drug-likeness (QED) is 0.632. The fraction of sp³-hybridized carbons (Fsp3) is 0.350. The van der Waals surface area contributed by atoms with E-state index in [-0.39, 0.29) is 11.8 Å². The molecule has 0 saturated carbocycles. The number of anilines is 1. The van der Waals surface area contributed by atoms with E-state index in [9.17, 15) is 9.59 Å². The van der Waals surface area contributed by atoms with Crippen LogP contribution < -0.4 is 5.32 Å². The van der Waals surface area contributed by atoms with Crippen molar-refractivity contribution >= 4 is 28.2 Å². The number of rotatable bonds is 5. The molecule has 1 unspecified atom stereocenters. The van der Waals surface area contributed by atoms with E-state index in [1.54, 1.807) is 25.4 Å². The Morgan fingerprint density at radius 3 is 2.90 bits per heavy atom. The Hall–Kier alpha value is -3.07. The standard InChI is InChI=1S/C20H20N4O4S/c1-11(18-23-17(24-28-18)13-6-5-9-21-10-13)27-20(26)16-14-7-3-4-8-15(14)29-19(16)22-12(2)25/h5-6,9-11H,3-4,7-8H2,1-2H3,(H,22,25). The Bertz CT molecular complexity index is 1040. The first kappa shape index (κ1) is 19.3. The zero-order chi connectivity index (χ0) is 20.4. The molecular formula is C20H20N4O4S.